The smallest absolute Gasteiger partial charge is 0.151 e. The Bertz CT molecular complexity index is 1210. The van der Waals surface area contributed by atoms with Crippen LogP contribution >= 0.6 is 0 Å². The molecule has 2 heterocycles. The summed E-state index contributed by atoms with van der Waals surface area (Å²) in [4.78, 5) is 6.44. The summed E-state index contributed by atoms with van der Waals surface area (Å²) in [6, 6.07) is 15.5. The highest BCUT2D eigenvalue weighted by Crippen LogP contribution is 2.31. The zero-order chi connectivity index (χ0) is 22.7. The Hall–Kier alpha value is -2.77. The van der Waals surface area contributed by atoms with Crippen LogP contribution in [0.2, 0.25) is 0 Å². The second-order valence-electron chi connectivity index (χ2n) is 8.22. The molecule has 0 aliphatic carbocycles. The highest BCUT2D eigenvalue weighted by Gasteiger charge is 2.20. The zero-order valence-corrected chi connectivity index (χ0v) is 19.3. The normalized spacial score (nSPS) is 14.2. The third-order valence-corrected chi connectivity index (χ3v) is 7.71. The first kappa shape index (κ1) is 22.4. The van der Waals surface area contributed by atoms with Crippen LogP contribution in [0, 0.1) is 12.7 Å². The van der Waals surface area contributed by atoms with Gasteiger partial charge in [0.05, 0.1) is 17.6 Å². The van der Waals surface area contributed by atoms with E-state index in [1.807, 2.05) is 31.2 Å². The Kier molecular flexibility index (Phi) is 6.58. The van der Waals surface area contributed by atoms with Gasteiger partial charge in [0.2, 0.25) is 0 Å². The molecule has 1 aromatic heterocycles. The van der Waals surface area contributed by atoms with Gasteiger partial charge in [-0.05, 0) is 60.4 Å². The van der Waals surface area contributed by atoms with Crippen LogP contribution in [-0.4, -0.2) is 42.9 Å². The molecular formula is C25H28FN3O2S. The average molecular weight is 454 g/mol. The first-order valence-electron chi connectivity index (χ1n) is 10.9. The van der Waals surface area contributed by atoms with Crippen molar-refractivity contribution >= 4 is 21.2 Å². The summed E-state index contributed by atoms with van der Waals surface area (Å²) >= 11 is 0. The van der Waals surface area contributed by atoms with E-state index in [-0.39, 0.29) is 17.3 Å². The molecule has 0 fully saturated rings. The molecule has 0 saturated carbocycles. The molecule has 5 nitrogen and oxygen atoms in total. The molecule has 0 spiro atoms. The lowest BCUT2D eigenvalue weighted by molar-refractivity contribution is 0.269. The van der Waals surface area contributed by atoms with Crippen molar-refractivity contribution in [1.82, 2.24) is 9.88 Å². The minimum Gasteiger partial charge on any atom is -0.355 e. The van der Waals surface area contributed by atoms with E-state index in [4.69, 9.17) is 0 Å². The molecule has 0 unspecified atom stereocenters. The third-order valence-electron chi connectivity index (χ3n) is 6.02. The van der Waals surface area contributed by atoms with Crippen molar-refractivity contribution in [2.75, 3.05) is 29.9 Å². The predicted octanol–water partition coefficient (Wildman–Crippen LogP) is 4.73. The number of benzene rings is 2. The number of rotatable bonds is 7. The van der Waals surface area contributed by atoms with Crippen molar-refractivity contribution < 1.29 is 12.8 Å². The zero-order valence-electron chi connectivity index (χ0n) is 18.4. The highest BCUT2D eigenvalue weighted by atomic mass is 32.2. The number of anilines is 2. The largest absolute Gasteiger partial charge is 0.355 e. The maximum absolute atomic E-state index is 13.3. The van der Waals surface area contributed by atoms with E-state index in [0.29, 0.717) is 6.54 Å². The van der Waals surface area contributed by atoms with Crippen LogP contribution in [0.15, 0.2) is 54.7 Å². The Balaban J connectivity index is 1.53. The van der Waals surface area contributed by atoms with Crippen molar-refractivity contribution in [3.05, 3.63) is 77.2 Å². The number of pyridine rings is 1. The van der Waals surface area contributed by atoms with Crippen molar-refractivity contribution in [1.29, 1.82) is 0 Å². The van der Waals surface area contributed by atoms with Crippen molar-refractivity contribution in [3.63, 3.8) is 0 Å². The SMILES string of the molecule is CCS(=O)(=O)CCN1CCc2c(cccc2Nc2ccc(C)c(-c3ccc(F)cn3)c2)C1. The summed E-state index contributed by atoms with van der Waals surface area (Å²) in [5.74, 6) is 0.0515. The van der Waals surface area contributed by atoms with Crippen LogP contribution in [-0.2, 0) is 22.8 Å². The number of hydrogen-bond acceptors (Lipinski definition) is 5. The summed E-state index contributed by atoms with van der Waals surface area (Å²) in [6.45, 7) is 5.87. The molecular weight excluding hydrogens is 425 g/mol. The first-order valence-corrected chi connectivity index (χ1v) is 12.7. The number of nitrogens with zero attached hydrogens (tertiary/aromatic N) is 2. The van der Waals surface area contributed by atoms with Crippen LogP contribution in [0.3, 0.4) is 0 Å². The lowest BCUT2D eigenvalue weighted by atomic mass is 9.97. The highest BCUT2D eigenvalue weighted by molar-refractivity contribution is 7.91. The number of nitrogens with one attached hydrogen (secondary N) is 1. The monoisotopic (exact) mass is 453 g/mol. The number of sulfone groups is 1. The molecule has 0 saturated heterocycles. The van der Waals surface area contributed by atoms with Gasteiger partial charge in [-0.15, -0.1) is 0 Å². The van der Waals surface area contributed by atoms with E-state index >= 15 is 0 Å². The van der Waals surface area contributed by atoms with E-state index in [9.17, 15) is 12.8 Å². The average Bonchev–Trinajstić information content (AvgIpc) is 2.80. The Morgan fingerprint density at radius 2 is 2.00 bits per heavy atom. The molecule has 0 radical (unpaired) electrons. The summed E-state index contributed by atoms with van der Waals surface area (Å²) < 4.78 is 37.0. The molecule has 7 heteroatoms. The van der Waals surface area contributed by atoms with Crippen molar-refractivity contribution in [2.24, 2.45) is 0 Å². The van der Waals surface area contributed by atoms with Gasteiger partial charge in [0.15, 0.2) is 9.84 Å². The molecule has 2 aromatic carbocycles. The maximum atomic E-state index is 13.3. The van der Waals surface area contributed by atoms with Crippen LogP contribution in [0.5, 0.6) is 0 Å². The minimum absolute atomic E-state index is 0.192. The Labute approximate surface area is 189 Å². The fourth-order valence-corrected chi connectivity index (χ4v) is 4.88. The van der Waals surface area contributed by atoms with E-state index in [1.54, 1.807) is 13.0 Å². The van der Waals surface area contributed by atoms with Crippen molar-refractivity contribution in [3.8, 4) is 11.3 Å². The standard InChI is InChI=1S/C25H28FN3O2S/c1-3-32(30,31)14-13-29-12-11-22-19(17-29)5-4-6-25(22)28-21-9-7-18(2)23(15-21)24-10-8-20(26)16-27-24/h4-10,15-16,28H,3,11-14,17H2,1-2H3. The molecule has 0 bridgehead atoms. The van der Waals surface area contributed by atoms with Gasteiger partial charge in [0, 0.05) is 42.3 Å². The summed E-state index contributed by atoms with van der Waals surface area (Å²) in [5, 5.41) is 3.54. The molecule has 4 rings (SSSR count). The first-order chi connectivity index (χ1) is 15.3. The van der Waals surface area contributed by atoms with Gasteiger partial charge in [-0.3, -0.25) is 9.88 Å². The minimum atomic E-state index is -2.96. The van der Waals surface area contributed by atoms with Gasteiger partial charge in [0.1, 0.15) is 5.82 Å². The van der Waals surface area contributed by atoms with Gasteiger partial charge in [-0.1, -0.05) is 25.1 Å². The third kappa shape index (κ3) is 5.16. The fourth-order valence-electron chi connectivity index (χ4n) is 4.05. The van der Waals surface area contributed by atoms with Gasteiger partial charge < -0.3 is 5.32 Å². The van der Waals surface area contributed by atoms with Crippen LogP contribution in [0.1, 0.15) is 23.6 Å². The second-order valence-corrected chi connectivity index (χ2v) is 10.7. The lowest BCUT2D eigenvalue weighted by Crippen LogP contribution is -2.34. The van der Waals surface area contributed by atoms with Crippen molar-refractivity contribution in [2.45, 2.75) is 26.8 Å². The molecule has 3 aromatic rings. The van der Waals surface area contributed by atoms with Gasteiger partial charge in [-0.2, -0.15) is 0 Å². The number of fused-ring (bicyclic) bond motifs is 1. The van der Waals surface area contributed by atoms with Gasteiger partial charge >= 0.3 is 0 Å². The number of halogens is 1. The molecule has 1 aliphatic rings. The molecule has 168 valence electrons. The topological polar surface area (TPSA) is 62.3 Å². The summed E-state index contributed by atoms with van der Waals surface area (Å²) in [5.41, 5.74) is 7.27. The van der Waals surface area contributed by atoms with Crippen LogP contribution < -0.4 is 5.32 Å². The maximum Gasteiger partial charge on any atom is 0.151 e. The lowest BCUT2D eigenvalue weighted by Gasteiger charge is -2.30. The number of hydrogen-bond donors (Lipinski definition) is 1. The van der Waals surface area contributed by atoms with Crippen LogP contribution in [0.4, 0.5) is 15.8 Å². The quantitative estimate of drug-likeness (QED) is 0.560. The Morgan fingerprint density at radius 1 is 1.16 bits per heavy atom. The summed E-state index contributed by atoms with van der Waals surface area (Å²) in [6.07, 6.45) is 2.10. The molecule has 1 aliphatic heterocycles. The van der Waals surface area contributed by atoms with E-state index in [2.05, 4.69) is 27.3 Å². The van der Waals surface area contributed by atoms with Gasteiger partial charge in [-0.25, -0.2) is 12.8 Å². The predicted molar refractivity (Wildman–Crippen MR) is 127 cm³/mol. The number of aromatic nitrogens is 1. The molecule has 32 heavy (non-hydrogen) atoms. The molecule has 0 amide bonds. The number of aryl methyl sites for hydroxylation is 1. The van der Waals surface area contributed by atoms with E-state index in [0.717, 1.165) is 47.7 Å². The van der Waals surface area contributed by atoms with E-state index in [1.165, 1.54) is 23.4 Å². The van der Waals surface area contributed by atoms with Gasteiger partial charge in [0.25, 0.3) is 0 Å². The van der Waals surface area contributed by atoms with E-state index < -0.39 is 9.84 Å². The fraction of sp³-hybridized carbons (Fsp3) is 0.320. The van der Waals surface area contributed by atoms with Crippen LogP contribution in [0.25, 0.3) is 11.3 Å². The summed E-state index contributed by atoms with van der Waals surface area (Å²) in [7, 11) is -2.96. The Morgan fingerprint density at radius 3 is 2.75 bits per heavy atom. The second kappa shape index (κ2) is 9.38. The molecule has 0 atom stereocenters. The molecule has 1 N–H and O–H groups in total.